The summed E-state index contributed by atoms with van der Waals surface area (Å²) < 4.78 is 27.3. The van der Waals surface area contributed by atoms with Crippen LogP contribution in [-0.2, 0) is 22.9 Å². The molecule has 0 radical (unpaired) electrons. The number of nitrogens with one attached hydrogen (secondary N) is 1. The van der Waals surface area contributed by atoms with Crippen molar-refractivity contribution in [3.63, 3.8) is 0 Å². The van der Waals surface area contributed by atoms with Crippen LogP contribution in [0.4, 0.5) is 5.82 Å². The van der Waals surface area contributed by atoms with Crippen molar-refractivity contribution >= 4 is 15.8 Å². The molecule has 1 saturated carbocycles. The second-order valence-electron chi connectivity index (χ2n) is 6.64. The van der Waals surface area contributed by atoms with Gasteiger partial charge in [0, 0.05) is 31.1 Å². The number of fused-ring (bicyclic) bond motifs is 1. The fourth-order valence-corrected chi connectivity index (χ4v) is 4.82. The summed E-state index contributed by atoms with van der Waals surface area (Å²) in [4.78, 5) is 9.17. The van der Waals surface area contributed by atoms with Crippen molar-refractivity contribution in [3.8, 4) is 0 Å². The van der Waals surface area contributed by atoms with Crippen LogP contribution in [0, 0.1) is 0 Å². The number of anilines is 1. The standard InChI is InChI=1S/C18H22N4O2S/c23-25(24,15-7-2-1-3-8-15)22-11-9-16-17(10-12-22)19-13-20-18(16)21-14-5-4-6-14/h1-3,7-8,13-14H,4-6,9-12H2,(H,19,20,21). The first-order valence-electron chi connectivity index (χ1n) is 8.79. The van der Waals surface area contributed by atoms with Crippen LogP contribution in [0.5, 0.6) is 0 Å². The van der Waals surface area contributed by atoms with E-state index in [0.29, 0.717) is 36.9 Å². The molecule has 6 nitrogen and oxygen atoms in total. The lowest BCUT2D eigenvalue weighted by molar-refractivity contribution is 0.425. The molecular weight excluding hydrogens is 336 g/mol. The molecular formula is C18H22N4O2S. The van der Waals surface area contributed by atoms with Gasteiger partial charge >= 0.3 is 0 Å². The lowest BCUT2D eigenvalue weighted by Gasteiger charge is -2.28. The number of rotatable bonds is 4. The predicted molar refractivity (Wildman–Crippen MR) is 95.9 cm³/mol. The molecule has 2 heterocycles. The zero-order chi connectivity index (χ0) is 17.3. The Hall–Kier alpha value is -1.99. The van der Waals surface area contributed by atoms with Crippen molar-refractivity contribution in [1.82, 2.24) is 14.3 Å². The zero-order valence-electron chi connectivity index (χ0n) is 14.1. The molecule has 1 aromatic carbocycles. The number of hydrogen-bond acceptors (Lipinski definition) is 5. The van der Waals surface area contributed by atoms with Gasteiger partial charge in [0.15, 0.2) is 0 Å². The van der Waals surface area contributed by atoms with Crippen LogP contribution in [0.25, 0.3) is 0 Å². The van der Waals surface area contributed by atoms with Gasteiger partial charge in [-0.1, -0.05) is 18.2 Å². The van der Waals surface area contributed by atoms with Crippen LogP contribution < -0.4 is 5.32 Å². The summed E-state index contributed by atoms with van der Waals surface area (Å²) in [6.45, 7) is 0.904. The molecule has 25 heavy (non-hydrogen) atoms. The van der Waals surface area contributed by atoms with E-state index in [9.17, 15) is 8.42 Å². The van der Waals surface area contributed by atoms with Gasteiger partial charge in [0.05, 0.1) is 10.6 Å². The zero-order valence-corrected chi connectivity index (χ0v) is 14.9. The van der Waals surface area contributed by atoms with Crippen LogP contribution in [0.15, 0.2) is 41.6 Å². The molecule has 2 aliphatic rings. The summed E-state index contributed by atoms with van der Waals surface area (Å²) in [7, 11) is -3.47. The molecule has 0 unspecified atom stereocenters. The highest BCUT2D eigenvalue weighted by Crippen LogP contribution is 2.27. The van der Waals surface area contributed by atoms with Crippen molar-refractivity contribution < 1.29 is 8.42 Å². The number of benzene rings is 1. The Morgan fingerprint density at radius 1 is 1.04 bits per heavy atom. The lowest BCUT2D eigenvalue weighted by Crippen LogP contribution is -2.33. The minimum Gasteiger partial charge on any atom is -0.367 e. The number of sulfonamides is 1. The third-order valence-corrected chi connectivity index (χ3v) is 6.98. The normalized spacial score (nSPS) is 18.9. The van der Waals surface area contributed by atoms with Gasteiger partial charge in [-0.2, -0.15) is 4.31 Å². The van der Waals surface area contributed by atoms with Crippen molar-refractivity contribution in [2.24, 2.45) is 0 Å². The van der Waals surface area contributed by atoms with Gasteiger partial charge in [0.1, 0.15) is 12.1 Å². The average Bonchev–Trinajstić information content (AvgIpc) is 2.82. The van der Waals surface area contributed by atoms with Crippen molar-refractivity contribution in [1.29, 1.82) is 0 Å². The van der Waals surface area contributed by atoms with Gasteiger partial charge in [0.2, 0.25) is 10.0 Å². The SMILES string of the molecule is O=S(=O)(c1ccccc1)N1CCc2ncnc(NC3CCC3)c2CC1. The van der Waals surface area contributed by atoms with E-state index in [1.165, 1.54) is 19.3 Å². The molecule has 1 aromatic heterocycles. The summed E-state index contributed by atoms with van der Waals surface area (Å²) in [6, 6.07) is 9.13. The highest BCUT2D eigenvalue weighted by atomic mass is 32.2. The fraction of sp³-hybridized carbons (Fsp3) is 0.444. The molecule has 7 heteroatoms. The molecule has 1 aliphatic carbocycles. The minimum absolute atomic E-state index is 0.347. The molecule has 0 atom stereocenters. The van der Waals surface area contributed by atoms with Gasteiger partial charge in [-0.05, 0) is 37.8 Å². The molecule has 132 valence electrons. The monoisotopic (exact) mass is 358 g/mol. The van der Waals surface area contributed by atoms with Crippen LogP contribution in [0.1, 0.15) is 30.5 Å². The highest BCUT2D eigenvalue weighted by molar-refractivity contribution is 7.89. The van der Waals surface area contributed by atoms with E-state index in [0.717, 1.165) is 17.1 Å². The molecule has 1 aliphatic heterocycles. The van der Waals surface area contributed by atoms with Gasteiger partial charge < -0.3 is 5.32 Å². The Morgan fingerprint density at radius 3 is 2.52 bits per heavy atom. The van der Waals surface area contributed by atoms with Crippen LogP contribution in [0.2, 0.25) is 0 Å². The predicted octanol–water partition coefficient (Wildman–Crippen LogP) is 2.23. The molecule has 0 spiro atoms. The molecule has 0 saturated heterocycles. The van der Waals surface area contributed by atoms with Crippen molar-refractivity contribution in [3.05, 3.63) is 47.9 Å². The highest BCUT2D eigenvalue weighted by Gasteiger charge is 2.28. The van der Waals surface area contributed by atoms with E-state index in [4.69, 9.17) is 0 Å². The molecule has 0 bridgehead atoms. The first kappa shape index (κ1) is 16.5. The van der Waals surface area contributed by atoms with Crippen LogP contribution in [-0.4, -0.2) is 41.8 Å². The average molecular weight is 358 g/mol. The summed E-state index contributed by atoms with van der Waals surface area (Å²) in [5.41, 5.74) is 2.03. The summed E-state index contributed by atoms with van der Waals surface area (Å²) in [5, 5.41) is 3.50. The van der Waals surface area contributed by atoms with E-state index >= 15 is 0 Å². The topological polar surface area (TPSA) is 75.2 Å². The van der Waals surface area contributed by atoms with E-state index in [1.807, 2.05) is 6.07 Å². The number of nitrogens with zero attached hydrogens (tertiary/aromatic N) is 3. The third-order valence-electron chi connectivity index (χ3n) is 5.07. The second-order valence-corrected chi connectivity index (χ2v) is 8.57. The quantitative estimate of drug-likeness (QED) is 0.907. The van der Waals surface area contributed by atoms with Gasteiger partial charge in [0.25, 0.3) is 0 Å². The third kappa shape index (κ3) is 3.26. The second kappa shape index (κ2) is 6.72. The Bertz CT molecular complexity index is 851. The Balaban J connectivity index is 1.56. The van der Waals surface area contributed by atoms with E-state index < -0.39 is 10.0 Å². The van der Waals surface area contributed by atoms with E-state index in [1.54, 1.807) is 34.9 Å². The van der Waals surface area contributed by atoms with Gasteiger partial charge in [-0.25, -0.2) is 18.4 Å². The Morgan fingerprint density at radius 2 is 1.80 bits per heavy atom. The minimum atomic E-state index is -3.47. The Kier molecular flexibility index (Phi) is 4.43. The summed E-state index contributed by atoms with van der Waals surface area (Å²) in [6.07, 6.45) is 6.44. The maximum atomic E-state index is 12.9. The maximum Gasteiger partial charge on any atom is 0.243 e. The largest absolute Gasteiger partial charge is 0.367 e. The molecule has 1 fully saturated rings. The first-order chi connectivity index (χ1) is 12.1. The first-order valence-corrected chi connectivity index (χ1v) is 10.2. The van der Waals surface area contributed by atoms with Crippen molar-refractivity contribution in [2.75, 3.05) is 18.4 Å². The number of aromatic nitrogens is 2. The molecule has 1 N–H and O–H groups in total. The number of hydrogen-bond donors (Lipinski definition) is 1. The van der Waals surface area contributed by atoms with Crippen molar-refractivity contribution in [2.45, 2.75) is 43.0 Å². The maximum absolute atomic E-state index is 12.9. The van der Waals surface area contributed by atoms with E-state index in [-0.39, 0.29) is 0 Å². The van der Waals surface area contributed by atoms with Crippen LogP contribution in [0.3, 0.4) is 0 Å². The van der Waals surface area contributed by atoms with Crippen LogP contribution >= 0.6 is 0 Å². The fourth-order valence-electron chi connectivity index (χ4n) is 3.36. The molecule has 0 amide bonds. The molecule has 2 aromatic rings. The summed E-state index contributed by atoms with van der Waals surface area (Å²) in [5.74, 6) is 0.883. The lowest BCUT2D eigenvalue weighted by atomic mass is 9.93. The van der Waals surface area contributed by atoms with Gasteiger partial charge in [-0.3, -0.25) is 0 Å². The van der Waals surface area contributed by atoms with E-state index in [2.05, 4.69) is 15.3 Å². The van der Waals surface area contributed by atoms with Gasteiger partial charge in [-0.15, -0.1) is 0 Å². The smallest absolute Gasteiger partial charge is 0.243 e. The summed E-state index contributed by atoms with van der Waals surface area (Å²) >= 11 is 0. The Labute approximate surface area is 148 Å². The molecule has 4 rings (SSSR count).